The van der Waals surface area contributed by atoms with Crippen LogP contribution in [-0.2, 0) is 4.79 Å². The van der Waals surface area contributed by atoms with Gasteiger partial charge in [0.25, 0.3) is 0 Å². The predicted octanol–water partition coefficient (Wildman–Crippen LogP) is 3.24. The van der Waals surface area contributed by atoms with E-state index in [0.29, 0.717) is 37.4 Å². The second kappa shape index (κ2) is 7.71. The molecule has 30 heavy (non-hydrogen) atoms. The normalized spacial score (nSPS) is 23.2. The van der Waals surface area contributed by atoms with Gasteiger partial charge in [-0.1, -0.05) is 11.6 Å². The first-order valence-electron chi connectivity index (χ1n) is 10.6. The lowest BCUT2D eigenvalue weighted by molar-refractivity contribution is -0.137. The van der Waals surface area contributed by atoms with Crippen LogP contribution in [0.25, 0.3) is 5.69 Å². The average molecular weight is 428 g/mol. The Bertz CT molecular complexity index is 945. The van der Waals surface area contributed by atoms with Crippen molar-refractivity contribution < 1.29 is 9.90 Å². The fourth-order valence-corrected chi connectivity index (χ4v) is 4.61. The zero-order valence-corrected chi connectivity index (χ0v) is 17.6. The lowest BCUT2D eigenvalue weighted by Gasteiger charge is -2.40. The number of carbonyl (C=O) groups excluding carboxylic acids is 1. The van der Waals surface area contributed by atoms with Crippen LogP contribution in [0.2, 0.25) is 5.02 Å². The third-order valence-electron chi connectivity index (χ3n) is 6.41. The topological polar surface area (TPSA) is 74.0 Å². The maximum atomic E-state index is 12.3. The highest BCUT2D eigenvalue weighted by Crippen LogP contribution is 2.36. The van der Waals surface area contributed by atoms with Crippen LogP contribution in [-0.4, -0.2) is 56.6 Å². The molecule has 1 atom stereocenters. The van der Waals surface area contributed by atoms with E-state index >= 15 is 0 Å². The van der Waals surface area contributed by atoms with Gasteiger partial charge in [-0.25, -0.2) is 4.68 Å². The Morgan fingerprint density at radius 2 is 1.87 bits per heavy atom. The van der Waals surface area contributed by atoms with Gasteiger partial charge in [-0.05, 0) is 56.4 Å². The number of aromatic nitrogens is 2. The predicted molar refractivity (Wildman–Crippen MR) is 116 cm³/mol. The molecule has 1 amide bonds. The minimum absolute atomic E-state index is 0.116. The van der Waals surface area contributed by atoms with Crippen LogP contribution in [0.3, 0.4) is 0 Å². The van der Waals surface area contributed by atoms with Gasteiger partial charge in [0, 0.05) is 37.8 Å². The van der Waals surface area contributed by atoms with Crippen LogP contribution in [0.5, 0.6) is 0 Å². The summed E-state index contributed by atoms with van der Waals surface area (Å²) in [6.45, 7) is 1.31. The van der Waals surface area contributed by atoms with Gasteiger partial charge >= 0.3 is 0 Å². The van der Waals surface area contributed by atoms with Gasteiger partial charge in [0.05, 0.1) is 34.2 Å². The van der Waals surface area contributed by atoms with Crippen molar-refractivity contribution in [1.82, 2.24) is 14.7 Å². The highest BCUT2D eigenvalue weighted by Gasteiger charge is 2.41. The quantitative estimate of drug-likeness (QED) is 0.794. The van der Waals surface area contributed by atoms with E-state index in [1.54, 1.807) is 17.1 Å². The number of amides is 1. The van der Waals surface area contributed by atoms with E-state index in [0.717, 1.165) is 30.6 Å². The number of nitrogens with zero attached hydrogens (tertiary/aromatic N) is 5. The molecule has 1 aromatic heterocycles. The van der Waals surface area contributed by atoms with Crippen molar-refractivity contribution in [2.75, 3.05) is 18.1 Å². The highest BCUT2D eigenvalue weighted by atomic mass is 35.5. The molecule has 1 saturated carbocycles. The van der Waals surface area contributed by atoms with Crippen LogP contribution in [0, 0.1) is 5.92 Å². The summed E-state index contributed by atoms with van der Waals surface area (Å²) in [6, 6.07) is 8.12. The van der Waals surface area contributed by atoms with E-state index in [-0.39, 0.29) is 17.9 Å². The number of likely N-dealkylation sites (tertiary alicyclic amines) is 1. The van der Waals surface area contributed by atoms with Gasteiger partial charge in [-0.2, -0.15) is 10.2 Å². The third kappa shape index (κ3) is 3.96. The number of carbonyl (C=O) groups is 1. The molecule has 2 aromatic rings. The molecule has 0 spiro atoms. The van der Waals surface area contributed by atoms with E-state index in [4.69, 9.17) is 11.6 Å². The number of hydrogen-bond acceptors (Lipinski definition) is 5. The summed E-state index contributed by atoms with van der Waals surface area (Å²) >= 11 is 5.96. The van der Waals surface area contributed by atoms with Gasteiger partial charge in [-0.15, -0.1) is 0 Å². The Kier molecular flexibility index (Phi) is 5.03. The van der Waals surface area contributed by atoms with Crippen LogP contribution in [0.15, 0.2) is 41.8 Å². The van der Waals surface area contributed by atoms with E-state index in [1.165, 1.54) is 0 Å². The Morgan fingerprint density at radius 3 is 2.50 bits per heavy atom. The zero-order valence-electron chi connectivity index (χ0n) is 16.8. The molecule has 1 unspecified atom stereocenters. The van der Waals surface area contributed by atoms with Crippen molar-refractivity contribution in [1.29, 1.82) is 0 Å². The molecular weight excluding hydrogens is 402 g/mol. The lowest BCUT2D eigenvalue weighted by Crippen LogP contribution is -2.49. The molecule has 3 heterocycles. The van der Waals surface area contributed by atoms with Crippen molar-refractivity contribution in [3.05, 3.63) is 41.7 Å². The molecular formula is C22H26ClN5O2. The van der Waals surface area contributed by atoms with Gasteiger partial charge in [0.2, 0.25) is 5.91 Å². The van der Waals surface area contributed by atoms with Gasteiger partial charge < -0.3 is 10.0 Å². The SMILES string of the molecule is O=C(C1CC1)N1CCC(O)(CC2CC=NN2c2ccc(-n3cc(Cl)cn3)cc2)CC1. The maximum Gasteiger partial charge on any atom is 0.225 e. The zero-order chi connectivity index (χ0) is 20.7. The number of aliphatic hydroxyl groups is 1. The number of benzene rings is 1. The fourth-order valence-electron chi connectivity index (χ4n) is 4.47. The molecule has 8 heteroatoms. The number of piperidine rings is 1. The first-order chi connectivity index (χ1) is 14.5. The summed E-state index contributed by atoms with van der Waals surface area (Å²) in [7, 11) is 0. The Hall–Kier alpha value is -2.38. The molecule has 3 aliphatic rings. The third-order valence-corrected chi connectivity index (χ3v) is 6.60. The molecule has 0 radical (unpaired) electrons. The highest BCUT2D eigenvalue weighted by molar-refractivity contribution is 6.30. The van der Waals surface area contributed by atoms with Crippen molar-refractivity contribution >= 4 is 29.4 Å². The summed E-state index contributed by atoms with van der Waals surface area (Å²) in [4.78, 5) is 14.2. The van der Waals surface area contributed by atoms with E-state index < -0.39 is 5.60 Å². The second-order valence-electron chi connectivity index (χ2n) is 8.68. The minimum atomic E-state index is -0.747. The molecule has 5 rings (SSSR count). The number of hydrogen-bond donors (Lipinski definition) is 1. The second-order valence-corrected chi connectivity index (χ2v) is 9.12. The monoisotopic (exact) mass is 427 g/mol. The Labute approximate surface area is 180 Å². The molecule has 1 N–H and O–H groups in total. The van der Waals surface area contributed by atoms with Crippen LogP contribution in [0.1, 0.15) is 38.5 Å². The first kappa shape index (κ1) is 19.6. The summed E-state index contributed by atoms with van der Waals surface area (Å²) in [6.07, 6.45) is 10.1. The molecule has 0 bridgehead atoms. The fraction of sp³-hybridized carbons (Fsp3) is 0.500. The molecule has 2 fully saturated rings. The van der Waals surface area contributed by atoms with Crippen molar-refractivity contribution in [3.8, 4) is 5.69 Å². The molecule has 1 aromatic carbocycles. The number of halogens is 1. The summed E-state index contributed by atoms with van der Waals surface area (Å²) in [5.41, 5.74) is 1.17. The van der Waals surface area contributed by atoms with E-state index in [2.05, 4.69) is 10.2 Å². The van der Waals surface area contributed by atoms with Crippen molar-refractivity contribution in [2.24, 2.45) is 11.0 Å². The van der Waals surface area contributed by atoms with E-state index in [9.17, 15) is 9.90 Å². The summed E-state index contributed by atoms with van der Waals surface area (Å²) < 4.78 is 1.73. The van der Waals surface area contributed by atoms with Crippen molar-refractivity contribution in [2.45, 2.75) is 50.2 Å². The standard InChI is InChI=1S/C22H26ClN5O2/c23-17-14-25-27(15-17)18-3-5-19(6-4-18)28-20(7-10-24-28)13-22(30)8-11-26(12-9-22)21(29)16-1-2-16/h3-6,10,14-16,20,30H,1-2,7-9,11-13H2. The van der Waals surface area contributed by atoms with Crippen LogP contribution < -0.4 is 5.01 Å². The van der Waals surface area contributed by atoms with E-state index in [1.807, 2.05) is 40.4 Å². The molecule has 1 aliphatic carbocycles. The first-order valence-corrected chi connectivity index (χ1v) is 11.0. The molecule has 158 valence electrons. The van der Waals surface area contributed by atoms with Crippen LogP contribution in [0.4, 0.5) is 5.69 Å². The number of hydrazone groups is 1. The Morgan fingerprint density at radius 1 is 1.17 bits per heavy atom. The molecule has 1 saturated heterocycles. The molecule has 7 nitrogen and oxygen atoms in total. The van der Waals surface area contributed by atoms with Crippen LogP contribution >= 0.6 is 11.6 Å². The largest absolute Gasteiger partial charge is 0.390 e. The number of rotatable bonds is 5. The molecule has 2 aliphatic heterocycles. The minimum Gasteiger partial charge on any atom is -0.390 e. The Balaban J connectivity index is 1.23. The lowest BCUT2D eigenvalue weighted by atomic mass is 9.84. The smallest absolute Gasteiger partial charge is 0.225 e. The number of anilines is 1. The van der Waals surface area contributed by atoms with Gasteiger partial charge in [0.1, 0.15) is 0 Å². The average Bonchev–Trinajstić information content (AvgIpc) is 3.36. The maximum absolute atomic E-state index is 12.3. The van der Waals surface area contributed by atoms with Crippen molar-refractivity contribution in [3.63, 3.8) is 0 Å². The van der Waals surface area contributed by atoms with Gasteiger partial charge in [0.15, 0.2) is 0 Å². The summed E-state index contributed by atoms with van der Waals surface area (Å²) in [5, 5.41) is 22.6. The van der Waals surface area contributed by atoms with Gasteiger partial charge in [-0.3, -0.25) is 9.80 Å². The summed E-state index contributed by atoms with van der Waals surface area (Å²) in [5.74, 6) is 0.525.